The molecular weight excluding hydrogens is 544 g/mol. The monoisotopic (exact) mass is 589 g/mol. The molecular formula is C35H45N2O4S-. The Morgan fingerprint density at radius 2 is 2.10 bits per heavy atom. The molecule has 1 heterocycles. The standard InChI is InChI=1S/C35H45N2O4S/c1-5-7-8-9-19-42(39)36-34(38)27-14-17-33-31(21-27)37(22-28-13-15-29(28)32(6-2)40-4)23-35(24-41-33)18-10-11-26-20-25(3)12-16-30(26)35/h5-6,12,14,16-17,20-21,28-29,32H,1-2,7-11,13,15,18-19,22-24H2,3-4H3/q-1/t28-,29+,32-,35-/m0/s1. The lowest BCUT2D eigenvalue weighted by atomic mass is 9.68. The third-order valence-electron chi connectivity index (χ3n) is 9.50. The maximum atomic E-state index is 13.2. The third-order valence-corrected chi connectivity index (χ3v) is 10.5. The minimum absolute atomic E-state index is 0.0342. The molecule has 42 heavy (non-hydrogen) atoms. The predicted molar refractivity (Wildman–Crippen MR) is 171 cm³/mol. The van der Waals surface area contributed by atoms with E-state index in [2.05, 4.69) is 47.5 Å². The number of hydrogen-bond acceptors (Lipinski definition) is 6. The number of amides is 1. The first-order chi connectivity index (χ1) is 20.4. The molecule has 226 valence electrons. The summed E-state index contributed by atoms with van der Waals surface area (Å²) in [6, 6.07) is 12.4. The van der Waals surface area contributed by atoms with Gasteiger partial charge in [-0.15, -0.1) is 13.2 Å². The normalized spacial score (nSPS) is 24.5. The van der Waals surface area contributed by atoms with Crippen molar-refractivity contribution >= 4 is 22.2 Å². The number of carbonyl (C=O) groups excluding carboxylic acids is 1. The number of aryl methyl sites for hydroxylation is 2. The summed E-state index contributed by atoms with van der Waals surface area (Å²) in [5.41, 5.74) is 5.33. The van der Waals surface area contributed by atoms with Crippen molar-refractivity contribution in [1.82, 2.24) is 0 Å². The van der Waals surface area contributed by atoms with Crippen LogP contribution in [0.2, 0.25) is 0 Å². The highest BCUT2D eigenvalue weighted by atomic mass is 32.2. The van der Waals surface area contributed by atoms with Gasteiger partial charge in [0.05, 0.1) is 18.4 Å². The highest BCUT2D eigenvalue weighted by molar-refractivity contribution is 7.75. The summed E-state index contributed by atoms with van der Waals surface area (Å²) in [4.78, 5) is 15.6. The molecule has 0 aromatic heterocycles. The van der Waals surface area contributed by atoms with Gasteiger partial charge in [0.1, 0.15) is 5.75 Å². The summed E-state index contributed by atoms with van der Waals surface area (Å²) in [6.07, 6.45) is 11.9. The van der Waals surface area contributed by atoms with Crippen LogP contribution in [0.3, 0.4) is 0 Å². The molecule has 1 amide bonds. The maximum Gasteiger partial charge on any atom is 0.254 e. The number of allylic oxidation sites excluding steroid dienone is 1. The van der Waals surface area contributed by atoms with Crippen molar-refractivity contribution in [3.63, 3.8) is 0 Å². The molecule has 6 nitrogen and oxygen atoms in total. The van der Waals surface area contributed by atoms with E-state index in [1.165, 1.54) is 16.7 Å². The van der Waals surface area contributed by atoms with E-state index in [9.17, 15) is 9.00 Å². The van der Waals surface area contributed by atoms with Crippen LogP contribution in [0.25, 0.3) is 0 Å². The molecule has 3 aliphatic rings. The number of carbonyl (C=O) groups is 1. The zero-order valence-electron chi connectivity index (χ0n) is 25.2. The van der Waals surface area contributed by atoms with Gasteiger partial charge >= 0.3 is 0 Å². The molecule has 2 aromatic rings. The molecule has 1 saturated carbocycles. The molecule has 1 fully saturated rings. The van der Waals surface area contributed by atoms with E-state index >= 15 is 0 Å². The lowest BCUT2D eigenvalue weighted by Gasteiger charge is -2.46. The largest absolute Gasteiger partial charge is 0.490 e. The third kappa shape index (κ3) is 6.52. The van der Waals surface area contributed by atoms with E-state index in [0.29, 0.717) is 29.8 Å². The number of fused-ring (bicyclic) bond motifs is 3. The molecule has 1 aliphatic heterocycles. The van der Waals surface area contributed by atoms with Gasteiger partial charge in [-0.1, -0.05) is 54.5 Å². The SMILES string of the molecule is C=CCCCC[S-](=O)=NC(=O)c1ccc2c(c1)N(C[C@@H]1CC[C@H]1[C@H](C=C)OC)C[C@@]1(CCCc3cc(C)ccc31)CO2. The van der Waals surface area contributed by atoms with Gasteiger partial charge in [0.15, 0.2) is 0 Å². The van der Waals surface area contributed by atoms with Crippen LogP contribution >= 0.6 is 0 Å². The number of rotatable bonds is 11. The molecule has 1 spiro atoms. The number of unbranched alkanes of at least 4 members (excludes halogenated alkanes) is 2. The van der Waals surface area contributed by atoms with Crippen LogP contribution < -0.4 is 9.64 Å². The highest BCUT2D eigenvalue weighted by Gasteiger charge is 2.44. The van der Waals surface area contributed by atoms with Crippen molar-refractivity contribution in [2.75, 3.05) is 37.5 Å². The van der Waals surface area contributed by atoms with E-state index in [4.69, 9.17) is 9.47 Å². The van der Waals surface area contributed by atoms with Crippen molar-refractivity contribution in [3.8, 4) is 5.75 Å². The van der Waals surface area contributed by atoms with Gasteiger partial charge in [0.2, 0.25) is 0 Å². The van der Waals surface area contributed by atoms with Crippen LogP contribution in [0.1, 0.15) is 72.0 Å². The smallest absolute Gasteiger partial charge is 0.254 e. The van der Waals surface area contributed by atoms with E-state index < -0.39 is 16.5 Å². The Balaban J connectivity index is 1.47. The minimum Gasteiger partial charge on any atom is -0.490 e. The van der Waals surface area contributed by atoms with E-state index in [1.54, 1.807) is 13.2 Å². The lowest BCUT2D eigenvalue weighted by Crippen LogP contribution is -2.49. The van der Waals surface area contributed by atoms with Crippen molar-refractivity contribution < 1.29 is 18.5 Å². The summed E-state index contributed by atoms with van der Waals surface area (Å²) in [6.45, 7) is 12.2. The van der Waals surface area contributed by atoms with Crippen LogP contribution in [0.4, 0.5) is 5.69 Å². The van der Waals surface area contributed by atoms with Crippen molar-refractivity contribution in [2.45, 2.75) is 69.8 Å². The van der Waals surface area contributed by atoms with Gasteiger partial charge in [0, 0.05) is 31.2 Å². The Kier molecular flexibility index (Phi) is 9.89. The van der Waals surface area contributed by atoms with Crippen molar-refractivity contribution in [1.29, 1.82) is 0 Å². The molecule has 2 aromatic carbocycles. The second-order valence-corrected chi connectivity index (χ2v) is 13.5. The van der Waals surface area contributed by atoms with E-state index in [1.807, 2.05) is 24.3 Å². The summed E-state index contributed by atoms with van der Waals surface area (Å²) in [7, 11) is 0.217. The molecule has 0 unspecified atom stereocenters. The summed E-state index contributed by atoms with van der Waals surface area (Å²) in [5, 5.41) is 0. The molecule has 0 saturated heterocycles. The van der Waals surface area contributed by atoms with Crippen LogP contribution in [-0.2, 0) is 31.4 Å². The number of benzene rings is 2. The minimum atomic E-state index is -1.54. The fourth-order valence-electron chi connectivity index (χ4n) is 7.10. The molecule has 2 aliphatic carbocycles. The number of hydrogen-bond donors (Lipinski definition) is 0. The second-order valence-electron chi connectivity index (χ2n) is 12.3. The Hall–Kier alpha value is -2.90. The summed E-state index contributed by atoms with van der Waals surface area (Å²) < 4.78 is 28.9. The number of methoxy groups -OCH3 is 1. The van der Waals surface area contributed by atoms with Crippen LogP contribution in [0, 0.1) is 18.8 Å². The second kappa shape index (κ2) is 13.6. The van der Waals surface area contributed by atoms with Crippen LogP contribution in [-0.4, -0.2) is 44.6 Å². The average Bonchev–Trinajstić information content (AvgIpc) is 3.13. The van der Waals surface area contributed by atoms with Crippen molar-refractivity contribution in [3.05, 3.63) is 84.0 Å². The molecule has 4 atom stereocenters. The Morgan fingerprint density at radius 3 is 2.83 bits per heavy atom. The van der Waals surface area contributed by atoms with Crippen molar-refractivity contribution in [2.24, 2.45) is 16.2 Å². The van der Waals surface area contributed by atoms with Gasteiger partial charge in [-0.3, -0.25) is 4.79 Å². The lowest BCUT2D eigenvalue weighted by molar-refractivity contribution is 0.0135. The average molecular weight is 590 g/mol. The van der Waals surface area contributed by atoms with Gasteiger partial charge in [-0.25, -0.2) is 0 Å². The van der Waals surface area contributed by atoms with E-state index in [-0.39, 0.29) is 11.5 Å². The zero-order chi connectivity index (χ0) is 29.7. The summed E-state index contributed by atoms with van der Waals surface area (Å²) >= 11 is 0. The first kappa shape index (κ1) is 30.6. The first-order valence-electron chi connectivity index (χ1n) is 15.4. The van der Waals surface area contributed by atoms with Gasteiger partial charge in [-0.05, 0) is 86.6 Å². The number of ether oxygens (including phenoxy) is 2. The Bertz CT molecular complexity index is 1400. The highest BCUT2D eigenvalue weighted by Crippen LogP contribution is 2.46. The molecule has 5 rings (SSSR count). The van der Waals surface area contributed by atoms with Gasteiger partial charge in [-0.2, -0.15) is 10.6 Å². The zero-order valence-corrected chi connectivity index (χ0v) is 26.0. The quantitative estimate of drug-likeness (QED) is 0.156. The van der Waals surface area contributed by atoms with E-state index in [0.717, 1.165) is 75.9 Å². The maximum absolute atomic E-state index is 13.2. The van der Waals surface area contributed by atoms with Crippen LogP contribution in [0.5, 0.6) is 5.75 Å². The fraction of sp³-hybridized carbons (Fsp3) is 0.514. The van der Waals surface area contributed by atoms with Gasteiger partial charge < -0.3 is 22.9 Å². The molecule has 0 bridgehead atoms. The molecule has 0 N–H and O–H groups in total. The predicted octanol–water partition coefficient (Wildman–Crippen LogP) is 7.34. The molecule has 7 heteroatoms. The number of anilines is 1. The Morgan fingerprint density at radius 1 is 1.24 bits per heavy atom. The van der Waals surface area contributed by atoms with Crippen LogP contribution in [0.15, 0.2) is 66.1 Å². The number of nitrogens with zero attached hydrogens (tertiary/aromatic N) is 2. The first-order valence-corrected chi connectivity index (χ1v) is 16.7. The Labute approximate surface area is 253 Å². The summed E-state index contributed by atoms with van der Waals surface area (Å²) in [5.74, 6) is 1.60. The topological polar surface area (TPSA) is 68.2 Å². The van der Waals surface area contributed by atoms with Gasteiger partial charge in [0.25, 0.3) is 5.91 Å². The fourth-order valence-corrected chi connectivity index (χ4v) is 7.93. The molecule has 0 radical (unpaired) electrons.